The quantitative estimate of drug-likeness (QED) is 0.854. The average Bonchev–Trinajstić information content (AvgIpc) is 2.27. The van der Waals surface area contributed by atoms with Crippen molar-refractivity contribution in [3.63, 3.8) is 0 Å². The Hall–Kier alpha value is -1.38. The highest BCUT2D eigenvalue weighted by Crippen LogP contribution is 2.44. The molecule has 0 spiro atoms. The van der Waals surface area contributed by atoms with Gasteiger partial charge < -0.3 is 5.32 Å². The maximum absolute atomic E-state index is 13.8. The molecule has 92 valence electrons. The molecule has 1 amide bonds. The average molecular weight is 235 g/mol. The molecule has 1 N–H and O–H groups in total. The van der Waals surface area contributed by atoms with Crippen LogP contribution in [-0.2, 0) is 10.2 Å². The standard InChI is InChI=1S/C14H18FNO/c1-2-10-16-13(17)14(8-5-9-14)11-6-3-4-7-12(11)15/h3-4,6-7H,2,5,8-10H2,1H3,(H,16,17). The zero-order chi connectivity index (χ0) is 12.3. The van der Waals surface area contributed by atoms with Crippen molar-refractivity contribution in [1.82, 2.24) is 5.32 Å². The molecule has 1 aromatic rings. The fourth-order valence-corrected chi connectivity index (χ4v) is 2.41. The Kier molecular flexibility index (Phi) is 3.46. The van der Waals surface area contributed by atoms with Gasteiger partial charge in [0.2, 0.25) is 5.91 Å². The number of amides is 1. The van der Waals surface area contributed by atoms with Crippen LogP contribution in [0.5, 0.6) is 0 Å². The molecule has 0 saturated heterocycles. The van der Waals surface area contributed by atoms with Crippen LogP contribution in [-0.4, -0.2) is 12.5 Å². The van der Waals surface area contributed by atoms with Crippen LogP contribution in [0.2, 0.25) is 0 Å². The summed E-state index contributed by atoms with van der Waals surface area (Å²) in [5.41, 5.74) is -0.0552. The summed E-state index contributed by atoms with van der Waals surface area (Å²) in [6, 6.07) is 6.63. The third-order valence-electron chi connectivity index (χ3n) is 3.57. The van der Waals surface area contributed by atoms with Crippen molar-refractivity contribution in [3.05, 3.63) is 35.6 Å². The van der Waals surface area contributed by atoms with Gasteiger partial charge in [-0.3, -0.25) is 4.79 Å². The zero-order valence-corrected chi connectivity index (χ0v) is 10.1. The van der Waals surface area contributed by atoms with Gasteiger partial charge in [-0.05, 0) is 25.3 Å². The molecule has 0 heterocycles. The summed E-state index contributed by atoms with van der Waals surface area (Å²) in [6.45, 7) is 2.67. The predicted molar refractivity (Wildman–Crippen MR) is 65.2 cm³/mol. The van der Waals surface area contributed by atoms with Crippen LogP contribution in [0.25, 0.3) is 0 Å². The van der Waals surface area contributed by atoms with Gasteiger partial charge in [0.25, 0.3) is 0 Å². The molecular formula is C14H18FNO. The predicted octanol–water partition coefficient (Wildman–Crippen LogP) is 2.77. The number of nitrogens with one attached hydrogen (secondary N) is 1. The molecule has 1 aromatic carbocycles. The highest BCUT2D eigenvalue weighted by molar-refractivity contribution is 5.89. The maximum atomic E-state index is 13.8. The molecular weight excluding hydrogens is 217 g/mol. The van der Waals surface area contributed by atoms with Gasteiger partial charge >= 0.3 is 0 Å². The van der Waals surface area contributed by atoms with E-state index in [2.05, 4.69) is 5.32 Å². The van der Waals surface area contributed by atoms with Gasteiger partial charge in [0.05, 0.1) is 5.41 Å². The van der Waals surface area contributed by atoms with Crippen LogP contribution in [0.15, 0.2) is 24.3 Å². The Labute approximate surface area is 101 Å². The van der Waals surface area contributed by atoms with Crippen molar-refractivity contribution >= 4 is 5.91 Å². The first-order valence-corrected chi connectivity index (χ1v) is 6.24. The summed E-state index contributed by atoms with van der Waals surface area (Å²) in [4.78, 5) is 12.2. The molecule has 1 aliphatic rings. The number of benzene rings is 1. The van der Waals surface area contributed by atoms with E-state index in [4.69, 9.17) is 0 Å². The van der Waals surface area contributed by atoms with E-state index >= 15 is 0 Å². The summed E-state index contributed by atoms with van der Waals surface area (Å²) in [5, 5.41) is 2.90. The van der Waals surface area contributed by atoms with Gasteiger partial charge in [0.1, 0.15) is 5.82 Å². The second kappa shape index (κ2) is 4.86. The van der Waals surface area contributed by atoms with Crippen LogP contribution in [0, 0.1) is 5.82 Å². The Balaban J connectivity index is 2.26. The molecule has 0 aliphatic heterocycles. The number of halogens is 1. The van der Waals surface area contributed by atoms with Crippen molar-refractivity contribution in [2.75, 3.05) is 6.54 Å². The van der Waals surface area contributed by atoms with E-state index < -0.39 is 5.41 Å². The number of carbonyl (C=O) groups is 1. The van der Waals surface area contributed by atoms with Gasteiger partial charge in [-0.1, -0.05) is 31.5 Å². The van der Waals surface area contributed by atoms with Crippen LogP contribution in [0.1, 0.15) is 38.2 Å². The van der Waals surface area contributed by atoms with Crippen molar-refractivity contribution in [2.24, 2.45) is 0 Å². The minimum Gasteiger partial charge on any atom is -0.355 e. The molecule has 0 radical (unpaired) electrons. The Bertz CT molecular complexity index is 412. The lowest BCUT2D eigenvalue weighted by molar-refractivity contribution is -0.130. The number of rotatable bonds is 4. The molecule has 1 fully saturated rings. The summed E-state index contributed by atoms with van der Waals surface area (Å²) < 4.78 is 13.8. The fourth-order valence-electron chi connectivity index (χ4n) is 2.41. The molecule has 3 heteroatoms. The lowest BCUT2D eigenvalue weighted by Crippen LogP contribution is -2.49. The van der Waals surface area contributed by atoms with Gasteiger partial charge in [-0.2, -0.15) is 0 Å². The van der Waals surface area contributed by atoms with Gasteiger partial charge in [-0.25, -0.2) is 4.39 Å². The first kappa shape index (κ1) is 12.1. The van der Waals surface area contributed by atoms with E-state index in [1.54, 1.807) is 18.2 Å². The molecule has 0 bridgehead atoms. The maximum Gasteiger partial charge on any atom is 0.230 e. The Morgan fingerprint density at radius 1 is 1.41 bits per heavy atom. The van der Waals surface area contributed by atoms with E-state index in [0.717, 1.165) is 25.7 Å². The zero-order valence-electron chi connectivity index (χ0n) is 10.1. The van der Waals surface area contributed by atoms with Crippen molar-refractivity contribution in [3.8, 4) is 0 Å². The summed E-state index contributed by atoms with van der Waals surface area (Å²) in [6.07, 6.45) is 3.40. The normalized spacial score (nSPS) is 17.3. The molecule has 0 aromatic heterocycles. The largest absolute Gasteiger partial charge is 0.355 e. The van der Waals surface area contributed by atoms with Crippen molar-refractivity contribution in [1.29, 1.82) is 0 Å². The van der Waals surface area contributed by atoms with Crippen LogP contribution in [0.3, 0.4) is 0 Å². The van der Waals surface area contributed by atoms with Crippen molar-refractivity contribution in [2.45, 2.75) is 38.0 Å². The Morgan fingerprint density at radius 3 is 2.65 bits per heavy atom. The molecule has 0 atom stereocenters. The smallest absolute Gasteiger partial charge is 0.230 e. The van der Waals surface area contributed by atoms with Gasteiger partial charge in [0.15, 0.2) is 0 Å². The summed E-state index contributed by atoms with van der Waals surface area (Å²) in [5.74, 6) is -0.283. The number of hydrogen-bond acceptors (Lipinski definition) is 1. The lowest BCUT2D eigenvalue weighted by Gasteiger charge is -2.40. The van der Waals surface area contributed by atoms with E-state index in [0.29, 0.717) is 12.1 Å². The van der Waals surface area contributed by atoms with Gasteiger partial charge in [0, 0.05) is 12.1 Å². The number of hydrogen-bond donors (Lipinski definition) is 1. The van der Waals surface area contributed by atoms with Crippen LogP contribution in [0.4, 0.5) is 4.39 Å². The molecule has 0 unspecified atom stereocenters. The summed E-state index contributed by atoms with van der Waals surface area (Å²) >= 11 is 0. The van der Waals surface area contributed by atoms with E-state index in [-0.39, 0.29) is 11.7 Å². The minimum absolute atomic E-state index is 0.0179. The highest BCUT2D eigenvalue weighted by atomic mass is 19.1. The number of carbonyl (C=O) groups excluding carboxylic acids is 1. The highest BCUT2D eigenvalue weighted by Gasteiger charge is 2.46. The fraction of sp³-hybridized carbons (Fsp3) is 0.500. The first-order chi connectivity index (χ1) is 8.20. The molecule has 2 rings (SSSR count). The lowest BCUT2D eigenvalue weighted by atomic mass is 9.63. The van der Waals surface area contributed by atoms with E-state index in [1.807, 2.05) is 6.92 Å². The minimum atomic E-state index is -0.611. The first-order valence-electron chi connectivity index (χ1n) is 6.24. The molecule has 2 nitrogen and oxygen atoms in total. The van der Waals surface area contributed by atoms with Crippen molar-refractivity contribution < 1.29 is 9.18 Å². The molecule has 1 aliphatic carbocycles. The SMILES string of the molecule is CCCNC(=O)C1(c2ccccc2F)CCC1. The second-order valence-electron chi connectivity index (χ2n) is 4.67. The topological polar surface area (TPSA) is 29.1 Å². The van der Waals surface area contributed by atoms with E-state index in [1.165, 1.54) is 6.07 Å². The van der Waals surface area contributed by atoms with Crippen LogP contribution >= 0.6 is 0 Å². The van der Waals surface area contributed by atoms with Gasteiger partial charge in [-0.15, -0.1) is 0 Å². The van der Waals surface area contributed by atoms with E-state index in [9.17, 15) is 9.18 Å². The molecule has 17 heavy (non-hydrogen) atoms. The second-order valence-corrected chi connectivity index (χ2v) is 4.67. The Morgan fingerprint density at radius 2 is 2.12 bits per heavy atom. The third-order valence-corrected chi connectivity index (χ3v) is 3.57. The third kappa shape index (κ3) is 2.06. The van der Waals surface area contributed by atoms with Crippen LogP contribution < -0.4 is 5.32 Å². The molecule has 1 saturated carbocycles. The summed E-state index contributed by atoms with van der Waals surface area (Å²) in [7, 11) is 0. The monoisotopic (exact) mass is 235 g/mol.